The van der Waals surface area contributed by atoms with Gasteiger partial charge in [0.2, 0.25) is 10.0 Å². The van der Waals surface area contributed by atoms with Gasteiger partial charge in [0, 0.05) is 19.5 Å². The van der Waals surface area contributed by atoms with Crippen molar-refractivity contribution in [2.45, 2.75) is 18.6 Å². The van der Waals surface area contributed by atoms with Gasteiger partial charge < -0.3 is 4.90 Å². The summed E-state index contributed by atoms with van der Waals surface area (Å²) in [6.45, 7) is 3.06. The molecule has 0 aromatic heterocycles. The first-order valence-electron chi connectivity index (χ1n) is 4.98. The molecule has 0 heterocycles. The van der Waals surface area contributed by atoms with E-state index < -0.39 is 15.3 Å². The van der Waals surface area contributed by atoms with Gasteiger partial charge in [-0.2, -0.15) is 0 Å². The van der Waals surface area contributed by atoms with Crippen molar-refractivity contribution in [1.29, 1.82) is 0 Å². The van der Waals surface area contributed by atoms with E-state index in [0.717, 1.165) is 13.0 Å². The van der Waals surface area contributed by atoms with Crippen LogP contribution in [-0.4, -0.2) is 63.0 Å². The minimum Gasteiger partial charge on any atom is -0.309 e. The van der Waals surface area contributed by atoms with Crippen molar-refractivity contribution in [1.82, 2.24) is 9.21 Å². The Balaban J connectivity index is 4.15. The van der Waals surface area contributed by atoms with Crippen LogP contribution >= 0.6 is 11.6 Å². The van der Waals surface area contributed by atoms with Gasteiger partial charge >= 0.3 is 0 Å². The maximum atomic E-state index is 11.8. The molecule has 92 valence electrons. The van der Waals surface area contributed by atoms with Crippen molar-refractivity contribution in [2.75, 3.05) is 40.1 Å². The first kappa shape index (κ1) is 15.2. The zero-order chi connectivity index (χ0) is 12.1. The second-order valence-electron chi connectivity index (χ2n) is 3.99. The Labute approximate surface area is 98.2 Å². The van der Waals surface area contributed by atoms with Crippen molar-refractivity contribution in [3.05, 3.63) is 0 Å². The Bertz CT molecular complexity index is 267. The van der Waals surface area contributed by atoms with Crippen LogP contribution in [0.2, 0.25) is 0 Å². The molecule has 1 atom stereocenters. The smallest absolute Gasteiger partial charge is 0.217 e. The van der Waals surface area contributed by atoms with Crippen LogP contribution in [-0.2, 0) is 10.0 Å². The van der Waals surface area contributed by atoms with Crippen LogP contribution in [0.4, 0.5) is 0 Å². The number of nitrogens with zero attached hydrogens (tertiary/aromatic N) is 2. The summed E-state index contributed by atoms with van der Waals surface area (Å²) in [5, 5.41) is -0.511. The first-order valence-corrected chi connectivity index (χ1v) is 7.02. The average molecular weight is 257 g/mol. The van der Waals surface area contributed by atoms with Crippen LogP contribution in [0.1, 0.15) is 13.3 Å². The SMILES string of the molecule is CC(CCl)S(=O)(=O)N(C)CCCN(C)C. The molecular weight excluding hydrogens is 236 g/mol. The lowest BCUT2D eigenvalue weighted by Gasteiger charge is -2.21. The molecule has 0 aliphatic heterocycles. The standard InChI is InChI=1S/C9H21ClN2O2S/c1-9(8-10)15(13,14)12(4)7-5-6-11(2)3/h9H,5-8H2,1-4H3. The molecule has 0 aromatic carbocycles. The Hall–Kier alpha value is 0.160. The highest BCUT2D eigenvalue weighted by Crippen LogP contribution is 2.08. The number of hydrogen-bond acceptors (Lipinski definition) is 3. The predicted molar refractivity (Wildman–Crippen MR) is 64.9 cm³/mol. The molecule has 15 heavy (non-hydrogen) atoms. The van der Waals surface area contributed by atoms with Crippen molar-refractivity contribution in [3.63, 3.8) is 0 Å². The molecule has 6 heteroatoms. The Kier molecular flexibility index (Phi) is 6.75. The van der Waals surface area contributed by atoms with Gasteiger partial charge in [0.15, 0.2) is 0 Å². The zero-order valence-corrected chi connectivity index (χ0v) is 11.5. The van der Waals surface area contributed by atoms with E-state index in [2.05, 4.69) is 0 Å². The summed E-state index contributed by atoms with van der Waals surface area (Å²) in [6.07, 6.45) is 0.831. The van der Waals surface area contributed by atoms with Gasteiger partial charge in [-0.05, 0) is 34.0 Å². The summed E-state index contributed by atoms with van der Waals surface area (Å²) < 4.78 is 24.9. The number of halogens is 1. The first-order chi connectivity index (χ1) is 6.82. The Morgan fingerprint density at radius 3 is 2.13 bits per heavy atom. The molecule has 0 bridgehead atoms. The van der Waals surface area contributed by atoms with Gasteiger partial charge in [0.05, 0.1) is 5.25 Å². The number of sulfonamides is 1. The van der Waals surface area contributed by atoms with Gasteiger partial charge in [-0.1, -0.05) is 0 Å². The van der Waals surface area contributed by atoms with Gasteiger partial charge in [-0.15, -0.1) is 11.6 Å². The fraction of sp³-hybridized carbons (Fsp3) is 1.00. The van der Waals surface area contributed by atoms with Crippen molar-refractivity contribution in [3.8, 4) is 0 Å². The van der Waals surface area contributed by atoms with Crippen LogP contribution in [0, 0.1) is 0 Å². The van der Waals surface area contributed by atoms with Crippen LogP contribution in [0.25, 0.3) is 0 Å². The number of hydrogen-bond donors (Lipinski definition) is 0. The third-order valence-electron chi connectivity index (χ3n) is 2.24. The summed E-state index contributed by atoms with van der Waals surface area (Å²) >= 11 is 5.55. The lowest BCUT2D eigenvalue weighted by atomic mass is 10.4. The Morgan fingerprint density at radius 1 is 1.20 bits per heavy atom. The molecule has 4 nitrogen and oxygen atoms in total. The van der Waals surface area contributed by atoms with E-state index in [-0.39, 0.29) is 5.88 Å². The molecule has 0 fully saturated rings. The fourth-order valence-electron chi connectivity index (χ4n) is 1.12. The lowest BCUT2D eigenvalue weighted by Crippen LogP contribution is -2.36. The van der Waals surface area contributed by atoms with Gasteiger partial charge in [0.25, 0.3) is 0 Å². The van der Waals surface area contributed by atoms with E-state index in [1.807, 2.05) is 19.0 Å². The number of alkyl halides is 1. The molecule has 0 saturated carbocycles. The van der Waals surface area contributed by atoms with Gasteiger partial charge in [-0.25, -0.2) is 12.7 Å². The second kappa shape index (κ2) is 6.68. The molecule has 0 aliphatic carbocycles. The van der Waals surface area contributed by atoms with E-state index in [0.29, 0.717) is 6.54 Å². The maximum absolute atomic E-state index is 11.8. The van der Waals surface area contributed by atoms with E-state index in [9.17, 15) is 8.42 Å². The molecule has 0 aliphatic rings. The highest BCUT2D eigenvalue weighted by molar-refractivity contribution is 7.89. The summed E-state index contributed by atoms with van der Waals surface area (Å²) in [7, 11) is 2.34. The minimum atomic E-state index is -3.20. The van der Waals surface area contributed by atoms with E-state index in [1.165, 1.54) is 4.31 Å². The van der Waals surface area contributed by atoms with Crippen molar-refractivity contribution >= 4 is 21.6 Å². The Morgan fingerprint density at radius 2 is 1.73 bits per heavy atom. The highest BCUT2D eigenvalue weighted by Gasteiger charge is 2.24. The molecule has 0 rings (SSSR count). The largest absolute Gasteiger partial charge is 0.309 e. The van der Waals surface area contributed by atoms with E-state index in [4.69, 9.17) is 11.6 Å². The van der Waals surface area contributed by atoms with Gasteiger partial charge in [-0.3, -0.25) is 0 Å². The molecule has 0 spiro atoms. The minimum absolute atomic E-state index is 0.139. The number of rotatable bonds is 7. The second-order valence-corrected chi connectivity index (χ2v) is 6.75. The molecule has 0 saturated heterocycles. The van der Waals surface area contributed by atoms with Crippen LogP contribution in [0.5, 0.6) is 0 Å². The predicted octanol–water partition coefficient (Wildman–Crippen LogP) is 0.827. The molecule has 0 amide bonds. The summed E-state index contributed by atoms with van der Waals surface area (Å²) in [4.78, 5) is 2.03. The molecule has 0 radical (unpaired) electrons. The van der Waals surface area contributed by atoms with Gasteiger partial charge in [0.1, 0.15) is 0 Å². The fourth-order valence-corrected chi connectivity index (χ4v) is 2.76. The lowest BCUT2D eigenvalue weighted by molar-refractivity contribution is 0.369. The van der Waals surface area contributed by atoms with E-state index >= 15 is 0 Å². The monoisotopic (exact) mass is 256 g/mol. The van der Waals surface area contributed by atoms with Crippen molar-refractivity contribution in [2.24, 2.45) is 0 Å². The quantitative estimate of drug-likeness (QED) is 0.634. The summed E-state index contributed by atoms with van der Waals surface area (Å²) in [6, 6.07) is 0. The zero-order valence-electron chi connectivity index (χ0n) is 9.90. The van der Waals surface area contributed by atoms with Crippen LogP contribution < -0.4 is 0 Å². The molecule has 0 aromatic rings. The third kappa shape index (κ3) is 5.15. The normalized spacial score (nSPS) is 14.9. The summed E-state index contributed by atoms with van der Waals surface area (Å²) in [5.74, 6) is 0.139. The molecular formula is C9H21ClN2O2S. The van der Waals surface area contributed by atoms with E-state index in [1.54, 1.807) is 14.0 Å². The average Bonchev–Trinajstić information content (AvgIpc) is 2.15. The third-order valence-corrected chi connectivity index (χ3v) is 5.12. The highest BCUT2D eigenvalue weighted by atomic mass is 35.5. The summed E-state index contributed by atoms with van der Waals surface area (Å²) in [5.41, 5.74) is 0. The van der Waals surface area contributed by atoms with Crippen molar-refractivity contribution < 1.29 is 8.42 Å². The van der Waals surface area contributed by atoms with Crippen LogP contribution in [0.3, 0.4) is 0 Å². The maximum Gasteiger partial charge on any atom is 0.217 e. The molecule has 0 N–H and O–H groups in total. The topological polar surface area (TPSA) is 40.6 Å². The molecule has 1 unspecified atom stereocenters. The van der Waals surface area contributed by atoms with Crippen LogP contribution in [0.15, 0.2) is 0 Å².